The lowest BCUT2D eigenvalue weighted by Crippen LogP contribution is -2.08. The molecule has 0 spiro atoms. The van der Waals surface area contributed by atoms with Crippen LogP contribution in [0.3, 0.4) is 0 Å². The quantitative estimate of drug-likeness (QED) is 0.842. The molecular formula is C16H21FN4. The third-order valence-corrected chi connectivity index (χ3v) is 3.28. The number of nitrogens with zero attached hydrogens (tertiary/aromatic N) is 2. The molecule has 0 aliphatic heterocycles. The van der Waals surface area contributed by atoms with Crippen molar-refractivity contribution in [3.63, 3.8) is 0 Å². The minimum absolute atomic E-state index is 0.226. The summed E-state index contributed by atoms with van der Waals surface area (Å²) < 4.78 is 13.6. The topological polar surface area (TPSA) is 49.8 Å². The van der Waals surface area contributed by atoms with E-state index in [0.717, 1.165) is 30.8 Å². The molecule has 0 amide bonds. The van der Waals surface area contributed by atoms with E-state index in [1.807, 2.05) is 6.07 Å². The molecule has 0 aliphatic carbocycles. The van der Waals surface area contributed by atoms with Crippen molar-refractivity contribution in [3.05, 3.63) is 41.5 Å². The van der Waals surface area contributed by atoms with Crippen molar-refractivity contribution in [2.24, 2.45) is 0 Å². The summed E-state index contributed by atoms with van der Waals surface area (Å²) in [5.41, 5.74) is 2.32. The summed E-state index contributed by atoms with van der Waals surface area (Å²) >= 11 is 0. The van der Waals surface area contributed by atoms with Crippen LogP contribution in [0.2, 0.25) is 0 Å². The average molecular weight is 288 g/mol. The second-order valence-electron chi connectivity index (χ2n) is 4.92. The van der Waals surface area contributed by atoms with Crippen molar-refractivity contribution >= 4 is 17.3 Å². The SMILES string of the molecule is CCCNc1ncnc(Nc2ccc(C)c(F)c2)c1CC. The number of benzene rings is 1. The fraction of sp³-hybridized carbons (Fsp3) is 0.375. The molecule has 0 radical (unpaired) electrons. The minimum Gasteiger partial charge on any atom is -0.370 e. The molecule has 1 aromatic carbocycles. The van der Waals surface area contributed by atoms with Gasteiger partial charge in [0.1, 0.15) is 23.8 Å². The van der Waals surface area contributed by atoms with E-state index < -0.39 is 0 Å². The Balaban J connectivity index is 2.28. The number of anilines is 3. The number of nitrogens with one attached hydrogen (secondary N) is 2. The maximum absolute atomic E-state index is 13.6. The van der Waals surface area contributed by atoms with Gasteiger partial charge in [0.2, 0.25) is 0 Å². The van der Waals surface area contributed by atoms with Gasteiger partial charge in [-0.15, -0.1) is 0 Å². The van der Waals surface area contributed by atoms with E-state index in [2.05, 4.69) is 34.4 Å². The third kappa shape index (κ3) is 3.68. The van der Waals surface area contributed by atoms with Gasteiger partial charge < -0.3 is 10.6 Å². The van der Waals surface area contributed by atoms with Gasteiger partial charge in [0.15, 0.2) is 0 Å². The van der Waals surface area contributed by atoms with Crippen LogP contribution in [0.5, 0.6) is 0 Å². The Morgan fingerprint density at radius 2 is 1.90 bits per heavy atom. The highest BCUT2D eigenvalue weighted by Gasteiger charge is 2.10. The maximum atomic E-state index is 13.6. The Labute approximate surface area is 124 Å². The summed E-state index contributed by atoms with van der Waals surface area (Å²) in [4.78, 5) is 8.57. The molecule has 1 aromatic heterocycles. The second-order valence-corrected chi connectivity index (χ2v) is 4.92. The van der Waals surface area contributed by atoms with Crippen molar-refractivity contribution in [2.45, 2.75) is 33.6 Å². The van der Waals surface area contributed by atoms with E-state index in [-0.39, 0.29) is 5.82 Å². The third-order valence-electron chi connectivity index (χ3n) is 3.28. The molecule has 1 heterocycles. The summed E-state index contributed by atoms with van der Waals surface area (Å²) in [6.45, 7) is 6.77. The summed E-state index contributed by atoms with van der Waals surface area (Å²) in [7, 11) is 0. The van der Waals surface area contributed by atoms with Gasteiger partial charge in [-0.25, -0.2) is 14.4 Å². The van der Waals surface area contributed by atoms with Crippen LogP contribution < -0.4 is 10.6 Å². The van der Waals surface area contributed by atoms with Crippen LogP contribution in [-0.2, 0) is 6.42 Å². The lowest BCUT2D eigenvalue weighted by Gasteiger charge is -2.14. The first-order valence-electron chi connectivity index (χ1n) is 7.26. The normalized spacial score (nSPS) is 10.5. The lowest BCUT2D eigenvalue weighted by atomic mass is 10.2. The van der Waals surface area contributed by atoms with Crippen molar-refractivity contribution < 1.29 is 4.39 Å². The largest absolute Gasteiger partial charge is 0.370 e. The average Bonchev–Trinajstić information content (AvgIpc) is 2.49. The van der Waals surface area contributed by atoms with E-state index in [1.165, 1.54) is 12.4 Å². The van der Waals surface area contributed by atoms with Gasteiger partial charge in [-0.2, -0.15) is 0 Å². The van der Waals surface area contributed by atoms with Gasteiger partial charge in [-0.3, -0.25) is 0 Å². The molecular weight excluding hydrogens is 267 g/mol. The number of aryl methyl sites for hydroxylation is 1. The monoisotopic (exact) mass is 288 g/mol. The molecule has 2 rings (SSSR count). The summed E-state index contributed by atoms with van der Waals surface area (Å²) in [5, 5.41) is 6.47. The first kappa shape index (κ1) is 15.2. The zero-order chi connectivity index (χ0) is 15.2. The van der Waals surface area contributed by atoms with Gasteiger partial charge in [0, 0.05) is 17.8 Å². The zero-order valence-corrected chi connectivity index (χ0v) is 12.7. The lowest BCUT2D eigenvalue weighted by molar-refractivity contribution is 0.619. The summed E-state index contributed by atoms with van der Waals surface area (Å²) in [5.74, 6) is 1.33. The molecule has 4 nitrogen and oxygen atoms in total. The minimum atomic E-state index is -0.226. The number of halogens is 1. The molecule has 0 atom stereocenters. The van der Waals surface area contributed by atoms with Gasteiger partial charge in [-0.05, 0) is 37.5 Å². The summed E-state index contributed by atoms with van der Waals surface area (Å²) in [6.07, 6.45) is 3.34. The Morgan fingerprint density at radius 1 is 1.14 bits per heavy atom. The predicted octanol–water partition coefficient (Wildman–Crippen LogP) is 4.05. The molecule has 2 N–H and O–H groups in total. The van der Waals surface area contributed by atoms with Crippen molar-refractivity contribution in [3.8, 4) is 0 Å². The van der Waals surface area contributed by atoms with Crippen LogP contribution >= 0.6 is 0 Å². The van der Waals surface area contributed by atoms with E-state index in [4.69, 9.17) is 0 Å². The van der Waals surface area contributed by atoms with Crippen LogP contribution in [0.1, 0.15) is 31.4 Å². The Kier molecular flexibility index (Phi) is 5.09. The number of hydrogen-bond donors (Lipinski definition) is 2. The van der Waals surface area contributed by atoms with Crippen LogP contribution in [-0.4, -0.2) is 16.5 Å². The van der Waals surface area contributed by atoms with Gasteiger partial charge in [0.05, 0.1) is 0 Å². The number of rotatable bonds is 6. The van der Waals surface area contributed by atoms with E-state index >= 15 is 0 Å². The molecule has 2 aromatic rings. The van der Waals surface area contributed by atoms with Crippen molar-refractivity contribution in [1.82, 2.24) is 9.97 Å². The molecule has 112 valence electrons. The number of aromatic nitrogens is 2. The van der Waals surface area contributed by atoms with Crippen molar-refractivity contribution in [2.75, 3.05) is 17.2 Å². The van der Waals surface area contributed by atoms with E-state index in [1.54, 1.807) is 13.0 Å². The van der Waals surface area contributed by atoms with Gasteiger partial charge in [-0.1, -0.05) is 19.9 Å². The van der Waals surface area contributed by atoms with Crippen LogP contribution in [0.4, 0.5) is 21.7 Å². The smallest absolute Gasteiger partial charge is 0.139 e. The molecule has 0 saturated heterocycles. The van der Waals surface area contributed by atoms with E-state index in [9.17, 15) is 4.39 Å². The molecule has 5 heteroatoms. The predicted molar refractivity (Wildman–Crippen MR) is 84.6 cm³/mol. The molecule has 0 unspecified atom stereocenters. The Bertz CT molecular complexity index is 613. The van der Waals surface area contributed by atoms with E-state index in [0.29, 0.717) is 17.1 Å². The first-order valence-corrected chi connectivity index (χ1v) is 7.26. The first-order chi connectivity index (χ1) is 10.2. The Hall–Kier alpha value is -2.17. The van der Waals surface area contributed by atoms with Gasteiger partial charge in [0.25, 0.3) is 0 Å². The highest BCUT2D eigenvalue weighted by atomic mass is 19.1. The molecule has 0 fully saturated rings. The highest BCUT2D eigenvalue weighted by molar-refractivity contribution is 5.65. The van der Waals surface area contributed by atoms with Crippen molar-refractivity contribution in [1.29, 1.82) is 0 Å². The van der Waals surface area contributed by atoms with Gasteiger partial charge >= 0.3 is 0 Å². The van der Waals surface area contributed by atoms with Crippen LogP contribution in [0.15, 0.2) is 24.5 Å². The summed E-state index contributed by atoms with van der Waals surface area (Å²) in [6, 6.07) is 5.08. The maximum Gasteiger partial charge on any atom is 0.139 e. The zero-order valence-electron chi connectivity index (χ0n) is 12.7. The molecule has 0 bridgehead atoms. The second kappa shape index (κ2) is 7.02. The standard InChI is InChI=1S/C16H21FN4/c1-4-8-18-15-13(5-2)16(20-10-19-15)21-12-7-6-11(3)14(17)9-12/h6-7,9-10H,4-5,8H2,1-3H3,(H2,18,19,20,21). The molecule has 21 heavy (non-hydrogen) atoms. The molecule has 0 aliphatic rings. The fourth-order valence-electron chi connectivity index (χ4n) is 2.06. The molecule has 0 saturated carbocycles. The Morgan fingerprint density at radius 3 is 2.57 bits per heavy atom. The number of hydrogen-bond acceptors (Lipinski definition) is 4. The highest BCUT2D eigenvalue weighted by Crippen LogP contribution is 2.24. The van der Waals surface area contributed by atoms with Crippen LogP contribution in [0.25, 0.3) is 0 Å². The van der Waals surface area contributed by atoms with Crippen LogP contribution in [0, 0.1) is 12.7 Å². The fourth-order valence-corrected chi connectivity index (χ4v) is 2.06.